The number of rotatable bonds is 5. The molecule has 0 aliphatic carbocycles. The first-order valence-electron chi connectivity index (χ1n) is 8.37. The second-order valence-electron chi connectivity index (χ2n) is 6.02. The zero-order valence-electron chi connectivity index (χ0n) is 15.0. The first kappa shape index (κ1) is 19.1. The number of nitrogens with zero attached hydrogens (tertiary/aromatic N) is 2. The Morgan fingerprint density at radius 2 is 1.64 bits per heavy atom. The molecule has 7 heteroatoms. The molecular formula is C21H17N3O3S. The molecule has 0 saturated carbocycles. The fourth-order valence-corrected chi connectivity index (χ4v) is 3.65. The topological polar surface area (TPSA) is 90.3 Å². The minimum Gasteiger partial charge on any atom is -0.311 e. The smallest absolute Gasteiger partial charge is 0.261 e. The third kappa shape index (κ3) is 4.19. The molecular weight excluding hydrogens is 374 g/mol. The van der Waals surface area contributed by atoms with E-state index < -0.39 is 10.0 Å². The van der Waals surface area contributed by atoms with Crippen LogP contribution in [0.4, 0.5) is 11.4 Å². The van der Waals surface area contributed by atoms with Gasteiger partial charge < -0.3 is 4.90 Å². The van der Waals surface area contributed by atoms with E-state index in [-0.39, 0.29) is 10.8 Å². The van der Waals surface area contributed by atoms with E-state index >= 15 is 0 Å². The van der Waals surface area contributed by atoms with Crippen molar-refractivity contribution in [2.24, 2.45) is 0 Å². The summed E-state index contributed by atoms with van der Waals surface area (Å²) in [4.78, 5) is 14.1. The number of amides is 1. The Bertz CT molecular complexity index is 1140. The molecule has 28 heavy (non-hydrogen) atoms. The van der Waals surface area contributed by atoms with E-state index in [1.165, 1.54) is 35.2 Å². The quantitative estimate of drug-likeness (QED) is 0.719. The van der Waals surface area contributed by atoms with Crippen LogP contribution in [0.2, 0.25) is 0 Å². The number of hydrogen-bond donors (Lipinski definition) is 1. The zero-order chi connectivity index (χ0) is 20.1. The molecule has 0 aliphatic rings. The van der Waals surface area contributed by atoms with Crippen molar-refractivity contribution in [1.29, 1.82) is 5.26 Å². The van der Waals surface area contributed by atoms with E-state index in [2.05, 4.69) is 4.72 Å². The maximum Gasteiger partial charge on any atom is 0.261 e. The third-order valence-corrected chi connectivity index (χ3v) is 5.50. The number of para-hydroxylation sites is 1. The SMILES string of the molecule is CN(C(=O)c1ccc(S(=O)(=O)Nc2cccc(C#N)c2)cc1)c1ccccc1. The largest absolute Gasteiger partial charge is 0.311 e. The number of anilines is 2. The van der Waals surface area contributed by atoms with E-state index in [4.69, 9.17) is 5.26 Å². The van der Waals surface area contributed by atoms with Crippen LogP contribution >= 0.6 is 0 Å². The van der Waals surface area contributed by atoms with Crippen molar-refractivity contribution in [1.82, 2.24) is 0 Å². The van der Waals surface area contributed by atoms with Crippen LogP contribution in [0.25, 0.3) is 0 Å². The highest BCUT2D eigenvalue weighted by Crippen LogP contribution is 2.19. The molecule has 0 heterocycles. The fourth-order valence-electron chi connectivity index (χ4n) is 2.61. The van der Waals surface area contributed by atoms with Crippen molar-refractivity contribution in [3.05, 3.63) is 90.0 Å². The predicted molar refractivity (Wildman–Crippen MR) is 108 cm³/mol. The average Bonchev–Trinajstić information content (AvgIpc) is 2.73. The van der Waals surface area contributed by atoms with Gasteiger partial charge in [0.2, 0.25) is 0 Å². The molecule has 1 amide bonds. The van der Waals surface area contributed by atoms with Gasteiger partial charge in [0.25, 0.3) is 15.9 Å². The van der Waals surface area contributed by atoms with E-state index in [1.54, 1.807) is 25.2 Å². The molecule has 0 spiro atoms. The van der Waals surface area contributed by atoms with Crippen LogP contribution in [-0.2, 0) is 10.0 Å². The lowest BCUT2D eigenvalue weighted by Crippen LogP contribution is -2.26. The van der Waals surface area contributed by atoms with Gasteiger partial charge in [-0.1, -0.05) is 24.3 Å². The Kier molecular flexibility index (Phi) is 5.43. The monoisotopic (exact) mass is 391 g/mol. The number of sulfonamides is 1. The number of carbonyl (C=O) groups excluding carboxylic acids is 1. The van der Waals surface area contributed by atoms with Crippen molar-refractivity contribution >= 4 is 27.3 Å². The van der Waals surface area contributed by atoms with Crippen LogP contribution in [0.15, 0.2) is 83.8 Å². The minimum atomic E-state index is -3.84. The Morgan fingerprint density at radius 3 is 2.29 bits per heavy atom. The van der Waals surface area contributed by atoms with Gasteiger partial charge in [0, 0.05) is 18.3 Å². The molecule has 0 saturated heterocycles. The Labute approximate surface area is 163 Å². The van der Waals surface area contributed by atoms with Crippen LogP contribution < -0.4 is 9.62 Å². The van der Waals surface area contributed by atoms with Crippen LogP contribution in [0.5, 0.6) is 0 Å². The van der Waals surface area contributed by atoms with Crippen molar-refractivity contribution in [2.75, 3.05) is 16.7 Å². The molecule has 3 rings (SSSR count). The molecule has 3 aromatic rings. The molecule has 6 nitrogen and oxygen atoms in total. The van der Waals surface area contributed by atoms with E-state index in [1.807, 2.05) is 36.4 Å². The minimum absolute atomic E-state index is 0.0220. The summed E-state index contributed by atoms with van der Waals surface area (Å²) in [5.74, 6) is -0.246. The summed E-state index contributed by atoms with van der Waals surface area (Å²) in [6.45, 7) is 0. The maximum atomic E-state index is 12.6. The van der Waals surface area contributed by atoms with Crippen molar-refractivity contribution in [2.45, 2.75) is 4.90 Å². The number of benzene rings is 3. The van der Waals surface area contributed by atoms with E-state index in [9.17, 15) is 13.2 Å². The maximum absolute atomic E-state index is 12.6. The normalized spacial score (nSPS) is 10.7. The van der Waals surface area contributed by atoms with E-state index in [0.717, 1.165) is 5.69 Å². The summed E-state index contributed by atoms with van der Waals surface area (Å²) in [5, 5.41) is 8.92. The summed E-state index contributed by atoms with van der Waals surface area (Å²) in [7, 11) is -2.18. The molecule has 0 unspecified atom stereocenters. The van der Waals surface area contributed by atoms with Gasteiger partial charge >= 0.3 is 0 Å². The molecule has 0 radical (unpaired) electrons. The van der Waals surface area contributed by atoms with E-state index in [0.29, 0.717) is 16.8 Å². The molecule has 1 N–H and O–H groups in total. The molecule has 140 valence electrons. The third-order valence-electron chi connectivity index (χ3n) is 4.10. The summed E-state index contributed by atoms with van der Waals surface area (Å²) in [6.07, 6.45) is 0. The van der Waals surface area contributed by atoms with Gasteiger partial charge in [-0.2, -0.15) is 5.26 Å². The van der Waals surface area contributed by atoms with Crippen LogP contribution in [0.1, 0.15) is 15.9 Å². The highest BCUT2D eigenvalue weighted by molar-refractivity contribution is 7.92. The molecule has 0 aromatic heterocycles. The summed E-state index contributed by atoms with van der Waals surface area (Å²) in [6, 6.07) is 23.0. The van der Waals surface area contributed by atoms with Crippen LogP contribution in [-0.4, -0.2) is 21.4 Å². The molecule has 3 aromatic carbocycles. The van der Waals surface area contributed by atoms with Gasteiger partial charge in [0.15, 0.2) is 0 Å². The van der Waals surface area contributed by atoms with Gasteiger partial charge in [0.05, 0.1) is 22.2 Å². The second-order valence-corrected chi connectivity index (χ2v) is 7.70. The highest BCUT2D eigenvalue weighted by Gasteiger charge is 2.17. The number of nitriles is 1. The number of carbonyl (C=O) groups is 1. The van der Waals surface area contributed by atoms with Crippen LogP contribution in [0.3, 0.4) is 0 Å². The predicted octanol–water partition coefficient (Wildman–Crippen LogP) is 3.64. The van der Waals surface area contributed by atoms with Gasteiger partial charge in [-0.05, 0) is 54.6 Å². The first-order chi connectivity index (χ1) is 13.4. The lowest BCUT2D eigenvalue weighted by Gasteiger charge is -2.17. The lowest BCUT2D eigenvalue weighted by atomic mass is 10.2. The standard InChI is InChI=1S/C21H17N3O3S/c1-24(19-8-3-2-4-9-19)21(25)17-10-12-20(13-11-17)28(26,27)23-18-7-5-6-16(14-18)15-22/h2-14,23H,1H3. The Balaban J connectivity index is 1.79. The van der Waals surface area contributed by atoms with Gasteiger partial charge in [-0.3, -0.25) is 9.52 Å². The Hall–Kier alpha value is -3.63. The zero-order valence-corrected chi connectivity index (χ0v) is 15.8. The molecule has 0 fully saturated rings. The second kappa shape index (κ2) is 7.94. The summed E-state index contributed by atoms with van der Waals surface area (Å²) in [5.41, 5.74) is 1.76. The van der Waals surface area contributed by atoms with Gasteiger partial charge in [-0.15, -0.1) is 0 Å². The molecule has 0 atom stereocenters. The van der Waals surface area contributed by atoms with Crippen LogP contribution in [0, 0.1) is 11.3 Å². The summed E-state index contributed by atoms with van der Waals surface area (Å²) < 4.78 is 27.5. The molecule has 0 bridgehead atoms. The first-order valence-corrected chi connectivity index (χ1v) is 9.85. The number of hydrogen-bond acceptors (Lipinski definition) is 4. The van der Waals surface area contributed by atoms with Crippen molar-refractivity contribution in [3.63, 3.8) is 0 Å². The molecule has 0 aliphatic heterocycles. The van der Waals surface area contributed by atoms with Crippen molar-refractivity contribution < 1.29 is 13.2 Å². The lowest BCUT2D eigenvalue weighted by molar-refractivity contribution is 0.0993. The fraction of sp³-hybridized carbons (Fsp3) is 0.0476. The Morgan fingerprint density at radius 1 is 0.964 bits per heavy atom. The highest BCUT2D eigenvalue weighted by atomic mass is 32.2. The number of nitrogens with one attached hydrogen (secondary N) is 1. The summed E-state index contributed by atoms with van der Waals surface area (Å²) >= 11 is 0. The average molecular weight is 391 g/mol. The van der Waals surface area contributed by atoms with Gasteiger partial charge in [-0.25, -0.2) is 8.42 Å². The van der Waals surface area contributed by atoms with Gasteiger partial charge in [0.1, 0.15) is 0 Å². The van der Waals surface area contributed by atoms with Crippen molar-refractivity contribution in [3.8, 4) is 6.07 Å².